The maximum Gasteiger partial charge on any atom is 0.306 e. The highest BCUT2D eigenvalue weighted by Gasteiger charge is 2.44. The Morgan fingerprint density at radius 3 is 2.16 bits per heavy atom. The molecule has 0 spiro atoms. The Bertz CT molecular complexity index is 292. The molecule has 112 valence electrons. The van der Waals surface area contributed by atoms with Crippen LogP contribution < -0.4 is 0 Å². The van der Waals surface area contributed by atoms with Crippen LogP contribution in [0.4, 0.5) is 0 Å². The third kappa shape index (κ3) is 4.48. The fourth-order valence-electron chi connectivity index (χ4n) is 3.13. The molecule has 0 radical (unpaired) electrons. The van der Waals surface area contributed by atoms with Crippen LogP contribution in [0.15, 0.2) is 0 Å². The van der Waals surface area contributed by atoms with Gasteiger partial charge in [0.2, 0.25) is 0 Å². The molecular weight excluding hydrogens is 238 g/mol. The fourth-order valence-corrected chi connectivity index (χ4v) is 3.13. The zero-order valence-corrected chi connectivity index (χ0v) is 13.6. The molecule has 3 heteroatoms. The molecule has 3 nitrogen and oxygen atoms in total. The predicted molar refractivity (Wildman–Crippen MR) is 79.2 cm³/mol. The Hall–Kier alpha value is -0.570. The lowest BCUT2D eigenvalue weighted by molar-refractivity contribution is -0.159. The molecule has 1 saturated heterocycles. The Morgan fingerprint density at radius 1 is 1.16 bits per heavy atom. The van der Waals surface area contributed by atoms with Gasteiger partial charge in [-0.05, 0) is 41.2 Å². The summed E-state index contributed by atoms with van der Waals surface area (Å²) in [5.74, 6) is -0.0189. The molecule has 1 rings (SSSR count). The van der Waals surface area contributed by atoms with Crippen molar-refractivity contribution in [3.63, 3.8) is 0 Å². The van der Waals surface area contributed by atoms with E-state index in [0.717, 1.165) is 32.1 Å². The quantitative estimate of drug-likeness (QED) is 0.562. The second-order valence-electron chi connectivity index (χ2n) is 7.16. The van der Waals surface area contributed by atoms with Crippen LogP contribution in [0.5, 0.6) is 0 Å². The van der Waals surface area contributed by atoms with Crippen molar-refractivity contribution in [3.05, 3.63) is 0 Å². The van der Waals surface area contributed by atoms with Crippen molar-refractivity contribution in [2.75, 3.05) is 7.05 Å². The largest absolute Gasteiger partial charge is 0.462 e. The molecule has 0 N–H and O–H groups in total. The molecule has 0 aromatic carbocycles. The van der Waals surface area contributed by atoms with E-state index in [1.807, 2.05) is 0 Å². The topological polar surface area (TPSA) is 29.5 Å². The van der Waals surface area contributed by atoms with Gasteiger partial charge in [-0.25, -0.2) is 0 Å². The summed E-state index contributed by atoms with van der Waals surface area (Å²) in [7, 11) is 2.17. The van der Waals surface area contributed by atoms with Crippen LogP contribution in [-0.4, -0.2) is 35.1 Å². The van der Waals surface area contributed by atoms with Crippen molar-refractivity contribution < 1.29 is 9.53 Å². The molecule has 1 aliphatic rings. The van der Waals surface area contributed by atoms with Crippen LogP contribution in [0.3, 0.4) is 0 Å². The molecule has 0 unspecified atom stereocenters. The van der Waals surface area contributed by atoms with Gasteiger partial charge >= 0.3 is 5.97 Å². The standard InChI is InChI=1S/C16H31NO2/c1-7-8-9-10-14(18)19-13-11-15(2,3)17(6)16(4,5)12-13/h13H,7-12H2,1-6H3. The van der Waals surface area contributed by atoms with Crippen molar-refractivity contribution in [1.29, 1.82) is 0 Å². The zero-order valence-electron chi connectivity index (χ0n) is 13.6. The molecule has 0 aromatic heterocycles. The van der Waals surface area contributed by atoms with Crippen molar-refractivity contribution in [2.45, 2.75) is 90.3 Å². The second-order valence-corrected chi connectivity index (χ2v) is 7.16. The van der Waals surface area contributed by atoms with Gasteiger partial charge in [0.1, 0.15) is 6.10 Å². The van der Waals surface area contributed by atoms with Gasteiger partial charge in [-0.1, -0.05) is 19.8 Å². The van der Waals surface area contributed by atoms with Crippen LogP contribution in [0, 0.1) is 0 Å². The van der Waals surface area contributed by atoms with E-state index in [0.29, 0.717) is 6.42 Å². The highest BCUT2D eigenvalue weighted by atomic mass is 16.5. The third-order valence-corrected chi connectivity index (χ3v) is 4.55. The van der Waals surface area contributed by atoms with Crippen LogP contribution in [0.1, 0.15) is 73.1 Å². The Kier molecular flexibility index (Phi) is 5.43. The molecular formula is C16H31NO2. The number of carbonyl (C=O) groups excluding carboxylic acids is 1. The summed E-state index contributed by atoms with van der Waals surface area (Å²) in [4.78, 5) is 14.3. The molecule has 0 atom stereocenters. The first kappa shape index (κ1) is 16.5. The van der Waals surface area contributed by atoms with Gasteiger partial charge in [0.05, 0.1) is 0 Å². The minimum atomic E-state index is -0.0189. The van der Waals surface area contributed by atoms with Crippen molar-refractivity contribution in [1.82, 2.24) is 4.90 Å². The number of piperidine rings is 1. The van der Waals surface area contributed by atoms with Crippen molar-refractivity contribution in [2.24, 2.45) is 0 Å². The van der Waals surface area contributed by atoms with Gasteiger partial charge in [-0.15, -0.1) is 0 Å². The average Bonchev–Trinajstić information content (AvgIpc) is 2.25. The molecule has 19 heavy (non-hydrogen) atoms. The van der Waals surface area contributed by atoms with Crippen LogP contribution in [-0.2, 0) is 9.53 Å². The summed E-state index contributed by atoms with van der Waals surface area (Å²) in [5.41, 5.74) is 0.159. The van der Waals surface area contributed by atoms with Crippen LogP contribution in [0.2, 0.25) is 0 Å². The molecule has 0 aliphatic carbocycles. The van der Waals surface area contributed by atoms with Gasteiger partial charge in [-0.3, -0.25) is 9.69 Å². The number of unbranched alkanes of at least 4 members (excludes halogenated alkanes) is 2. The normalized spacial score (nSPS) is 23.3. The van der Waals surface area contributed by atoms with E-state index in [1.54, 1.807) is 0 Å². The van der Waals surface area contributed by atoms with Crippen LogP contribution >= 0.6 is 0 Å². The van der Waals surface area contributed by atoms with Gasteiger partial charge in [0.15, 0.2) is 0 Å². The minimum Gasteiger partial charge on any atom is -0.462 e. The lowest BCUT2D eigenvalue weighted by atomic mass is 9.79. The van der Waals surface area contributed by atoms with Gasteiger partial charge in [-0.2, -0.15) is 0 Å². The van der Waals surface area contributed by atoms with E-state index in [2.05, 4.69) is 46.6 Å². The lowest BCUT2D eigenvalue weighted by Gasteiger charge is -2.53. The number of nitrogens with zero attached hydrogens (tertiary/aromatic N) is 1. The zero-order chi connectivity index (χ0) is 14.7. The fraction of sp³-hybridized carbons (Fsp3) is 0.938. The van der Waals surface area contributed by atoms with Crippen molar-refractivity contribution >= 4 is 5.97 Å². The average molecular weight is 269 g/mol. The van der Waals surface area contributed by atoms with Gasteiger partial charge < -0.3 is 4.74 Å². The highest BCUT2D eigenvalue weighted by molar-refractivity contribution is 5.69. The van der Waals surface area contributed by atoms with E-state index < -0.39 is 0 Å². The van der Waals surface area contributed by atoms with Gasteiger partial charge in [0.25, 0.3) is 0 Å². The number of likely N-dealkylation sites (tertiary alicyclic amines) is 1. The maximum atomic E-state index is 11.9. The number of rotatable bonds is 5. The number of carbonyl (C=O) groups is 1. The highest BCUT2D eigenvalue weighted by Crippen LogP contribution is 2.38. The molecule has 1 fully saturated rings. The van der Waals surface area contributed by atoms with E-state index in [4.69, 9.17) is 4.74 Å². The molecule has 1 aliphatic heterocycles. The summed E-state index contributed by atoms with van der Waals surface area (Å²) in [6.07, 6.45) is 5.69. The summed E-state index contributed by atoms with van der Waals surface area (Å²) in [6, 6.07) is 0. The second kappa shape index (κ2) is 6.25. The van der Waals surface area contributed by atoms with E-state index >= 15 is 0 Å². The molecule has 0 bridgehead atoms. The maximum absolute atomic E-state index is 11.9. The lowest BCUT2D eigenvalue weighted by Crippen LogP contribution is -2.60. The summed E-state index contributed by atoms with van der Waals surface area (Å²) in [6.45, 7) is 11.1. The third-order valence-electron chi connectivity index (χ3n) is 4.55. The SMILES string of the molecule is CCCCCC(=O)OC1CC(C)(C)N(C)C(C)(C)C1. The van der Waals surface area contributed by atoms with Gasteiger partial charge in [0, 0.05) is 30.3 Å². The number of hydrogen-bond donors (Lipinski definition) is 0. The Labute approximate surface area is 118 Å². The first-order valence-electron chi connectivity index (χ1n) is 7.62. The predicted octanol–water partition coefficient (Wildman–Crippen LogP) is 3.76. The first-order valence-corrected chi connectivity index (χ1v) is 7.62. The molecule has 0 aromatic rings. The monoisotopic (exact) mass is 269 g/mol. The molecule has 0 amide bonds. The summed E-state index contributed by atoms with van der Waals surface area (Å²) < 4.78 is 5.69. The number of ether oxygens (including phenoxy) is 1. The van der Waals surface area contributed by atoms with E-state index in [1.165, 1.54) is 0 Å². The molecule has 0 saturated carbocycles. The minimum absolute atomic E-state index is 0.0189. The first-order chi connectivity index (χ1) is 8.69. The van der Waals surface area contributed by atoms with Crippen molar-refractivity contribution in [3.8, 4) is 0 Å². The van der Waals surface area contributed by atoms with E-state index in [9.17, 15) is 4.79 Å². The van der Waals surface area contributed by atoms with Crippen LogP contribution in [0.25, 0.3) is 0 Å². The number of hydrogen-bond acceptors (Lipinski definition) is 3. The summed E-state index contributed by atoms with van der Waals surface area (Å²) in [5, 5.41) is 0. The van der Waals surface area contributed by atoms with E-state index in [-0.39, 0.29) is 23.2 Å². The Balaban J connectivity index is 2.53. The molecule has 1 heterocycles. The summed E-state index contributed by atoms with van der Waals surface area (Å²) >= 11 is 0. The Morgan fingerprint density at radius 2 is 1.68 bits per heavy atom. The number of esters is 1. The smallest absolute Gasteiger partial charge is 0.306 e.